The number of nitrogens with one attached hydrogen (secondary N) is 1. The molecule has 0 bridgehead atoms. The third-order valence-electron chi connectivity index (χ3n) is 3.85. The first kappa shape index (κ1) is 18.3. The summed E-state index contributed by atoms with van der Waals surface area (Å²) in [6.07, 6.45) is -1.15. The smallest absolute Gasteiger partial charge is 0.375 e. The second-order valence-corrected chi connectivity index (χ2v) is 6.02. The summed E-state index contributed by atoms with van der Waals surface area (Å²) in [6.45, 7) is 3.21. The Balaban J connectivity index is 1.73. The van der Waals surface area contributed by atoms with Gasteiger partial charge in [-0.2, -0.15) is 0 Å². The van der Waals surface area contributed by atoms with Crippen molar-refractivity contribution in [1.82, 2.24) is 0 Å². The lowest BCUT2D eigenvalue weighted by Gasteiger charge is -2.13. The van der Waals surface area contributed by atoms with Gasteiger partial charge in [0.25, 0.3) is 5.91 Å². The number of benzene rings is 2. The van der Waals surface area contributed by atoms with Gasteiger partial charge in [0.15, 0.2) is 11.5 Å². The molecule has 7 heteroatoms. The standard InChI is InChI=1S/C20H16FNO5/c1-11-3-8-17-15(9-11)16(23)10-18(27-17)20(25)26-12(2)19(24)22-14-6-4-13(21)5-7-14/h3-10,12H,1-2H3,(H,22,24)/t12-/m1/s1. The van der Waals surface area contributed by atoms with Crippen LogP contribution in [0.3, 0.4) is 0 Å². The number of halogens is 1. The highest BCUT2D eigenvalue weighted by Crippen LogP contribution is 2.16. The fourth-order valence-corrected chi connectivity index (χ4v) is 2.42. The van der Waals surface area contributed by atoms with Crippen molar-refractivity contribution in [2.24, 2.45) is 0 Å². The van der Waals surface area contributed by atoms with E-state index in [0.717, 1.165) is 11.6 Å². The van der Waals surface area contributed by atoms with Gasteiger partial charge in [-0.25, -0.2) is 9.18 Å². The van der Waals surface area contributed by atoms with Crippen LogP contribution in [0.25, 0.3) is 11.0 Å². The molecule has 138 valence electrons. The molecule has 1 aromatic heterocycles. The molecule has 0 unspecified atom stereocenters. The molecular formula is C20H16FNO5. The van der Waals surface area contributed by atoms with Crippen molar-refractivity contribution >= 4 is 28.5 Å². The molecule has 1 amide bonds. The van der Waals surface area contributed by atoms with Crippen LogP contribution in [0.5, 0.6) is 0 Å². The largest absolute Gasteiger partial charge is 0.449 e. The predicted molar refractivity (Wildman–Crippen MR) is 97.1 cm³/mol. The van der Waals surface area contributed by atoms with Crippen molar-refractivity contribution in [2.75, 3.05) is 5.32 Å². The third-order valence-corrected chi connectivity index (χ3v) is 3.85. The van der Waals surface area contributed by atoms with Crippen LogP contribution >= 0.6 is 0 Å². The molecule has 6 nitrogen and oxygen atoms in total. The molecule has 0 aliphatic carbocycles. The van der Waals surface area contributed by atoms with E-state index in [9.17, 15) is 18.8 Å². The van der Waals surface area contributed by atoms with E-state index in [2.05, 4.69) is 5.32 Å². The fourth-order valence-electron chi connectivity index (χ4n) is 2.42. The zero-order chi connectivity index (χ0) is 19.6. The highest BCUT2D eigenvalue weighted by molar-refractivity contribution is 5.97. The first-order valence-corrected chi connectivity index (χ1v) is 8.15. The lowest BCUT2D eigenvalue weighted by atomic mass is 10.1. The Morgan fingerprint density at radius 3 is 2.52 bits per heavy atom. The predicted octanol–water partition coefficient (Wildman–Crippen LogP) is 3.42. The van der Waals surface area contributed by atoms with Crippen molar-refractivity contribution in [1.29, 1.82) is 0 Å². The number of carbonyl (C=O) groups is 2. The van der Waals surface area contributed by atoms with Gasteiger partial charge in [-0.3, -0.25) is 9.59 Å². The summed E-state index contributed by atoms with van der Waals surface area (Å²) in [5.41, 5.74) is 1.12. The Kier molecular flexibility index (Phi) is 5.03. The molecule has 3 aromatic rings. The van der Waals surface area contributed by atoms with Crippen LogP contribution in [0.1, 0.15) is 23.0 Å². The first-order valence-electron chi connectivity index (χ1n) is 8.15. The summed E-state index contributed by atoms with van der Waals surface area (Å²) in [5, 5.41) is 2.85. The van der Waals surface area contributed by atoms with Crippen LogP contribution in [-0.2, 0) is 9.53 Å². The lowest BCUT2D eigenvalue weighted by Crippen LogP contribution is -2.30. The second-order valence-electron chi connectivity index (χ2n) is 6.02. The maximum Gasteiger partial charge on any atom is 0.375 e. The van der Waals surface area contributed by atoms with E-state index < -0.39 is 23.8 Å². The minimum Gasteiger partial charge on any atom is -0.449 e. The molecule has 0 fully saturated rings. The molecule has 0 spiro atoms. The first-order chi connectivity index (χ1) is 12.8. The highest BCUT2D eigenvalue weighted by Gasteiger charge is 2.21. The lowest BCUT2D eigenvalue weighted by molar-refractivity contribution is -0.123. The molecule has 0 saturated heterocycles. The topological polar surface area (TPSA) is 85.6 Å². The molecular weight excluding hydrogens is 353 g/mol. The van der Waals surface area contributed by atoms with E-state index in [1.807, 2.05) is 6.92 Å². The summed E-state index contributed by atoms with van der Waals surface area (Å²) in [6, 6.07) is 11.2. The number of rotatable bonds is 4. The summed E-state index contributed by atoms with van der Waals surface area (Å²) >= 11 is 0. The molecule has 1 atom stereocenters. The number of hydrogen-bond acceptors (Lipinski definition) is 5. The maximum atomic E-state index is 12.9. The van der Waals surface area contributed by atoms with Gasteiger partial charge in [0.2, 0.25) is 5.76 Å². The summed E-state index contributed by atoms with van der Waals surface area (Å²) in [5.74, 6) is -2.27. The van der Waals surface area contributed by atoms with Crippen molar-refractivity contribution in [3.8, 4) is 0 Å². The average Bonchev–Trinajstić information content (AvgIpc) is 2.63. The average molecular weight is 369 g/mol. The van der Waals surface area contributed by atoms with E-state index >= 15 is 0 Å². The zero-order valence-corrected chi connectivity index (χ0v) is 14.6. The van der Waals surface area contributed by atoms with Crippen LogP contribution < -0.4 is 10.7 Å². The second kappa shape index (κ2) is 7.41. The van der Waals surface area contributed by atoms with E-state index in [0.29, 0.717) is 11.1 Å². The van der Waals surface area contributed by atoms with Gasteiger partial charge in [-0.1, -0.05) is 11.6 Å². The van der Waals surface area contributed by atoms with Gasteiger partial charge < -0.3 is 14.5 Å². The number of aryl methyl sites for hydroxylation is 1. The summed E-state index contributed by atoms with van der Waals surface area (Å²) < 4.78 is 23.4. The van der Waals surface area contributed by atoms with Crippen molar-refractivity contribution < 1.29 is 23.1 Å². The number of amides is 1. The van der Waals surface area contributed by atoms with Gasteiger partial charge in [0, 0.05) is 11.8 Å². The fraction of sp³-hybridized carbons (Fsp3) is 0.150. The molecule has 0 aliphatic rings. The quantitative estimate of drug-likeness (QED) is 0.712. The van der Waals surface area contributed by atoms with Crippen molar-refractivity contribution in [3.05, 3.63) is 75.9 Å². The minimum atomic E-state index is -1.15. The molecule has 0 aliphatic heterocycles. The number of carbonyl (C=O) groups excluding carboxylic acids is 2. The normalized spacial score (nSPS) is 11.8. The van der Waals surface area contributed by atoms with E-state index in [1.54, 1.807) is 18.2 Å². The molecule has 0 radical (unpaired) electrons. The van der Waals surface area contributed by atoms with Crippen LogP contribution in [0.2, 0.25) is 0 Å². The Morgan fingerprint density at radius 2 is 1.81 bits per heavy atom. The highest BCUT2D eigenvalue weighted by atomic mass is 19.1. The van der Waals surface area contributed by atoms with Gasteiger partial charge >= 0.3 is 5.97 Å². The van der Waals surface area contributed by atoms with Crippen molar-refractivity contribution in [3.63, 3.8) is 0 Å². The number of ether oxygens (including phenoxy) is 1. The Hall–Kier alpha value is -3.48. The summed E-state index contributed by atoms with van der Waals surface area (Å²) in [7, 11) is 0. The Morgan fingerprint density at radius 1 is 1.11 bits per heavy atom. The minimum absolute atomic E-state index is 0.253. The van der Waals surface area contributed by atoms with E-state index in [-0.39, 0.29) is 16.8 Å². The Bertz CT molecular complexity index is 1070. The van der Waals surface area contributed by atoms with Crippen LogP contribution in [0.4, 0.5) is 10.1 Å². The molecule has 0 saturated carbocycles. The zero-order valence-electron chi connectivity index (χ0n) is 14.6. The number of anilines is 1. The van der Waals surface area contributed by atoms with Gasteiger partial charge in [-0.05, 0) is 50.2 Å². The molecule has 27 heavy (non-hydrogen) atoms. The molecule has 2 aromatic carbocycles. The Labute approximate surface area is 153 Å². The third kappa shape index (κ3) is 4.20. The van der Waals surface area contributed by atoms with Crippen molar-refractivity contribution in [2.45, 2.75) is 20.0 Å². The van der Waals surface area contributed by atoms with Gasteiger partial charge in [-0.15, -0.1) is 0 Å². The van der Waals surface area contributed by atoms with Crippen LogP contribution in [0.15, 0.2) is 57.7 Å². The number of hydrogen-bond donors (Lipinski definition) is 1. The number of fused-ring (bicyclic) bond motifs is 1. The van der Waals surface area contributed by atoms with Crippen LogP contribution in [0, 0.1) is 12.7 Å². The van der Waals surface area contributed by atoms with E-state index in [4.69, 9.17) is 9.15 Å². The maximum absolute atomic E-state index is 12.9. The number of esters is 1. The van der Waals surface area contributed by atoms with Crippen LogP contribution in [-0.4, -0.2) is 18.0 Å². The molecule has 1 heterocycles. The SMILES string of the molecule is Cc1ccc2oc(C(=O)O[C@H](C)C(=O)Nc3ccc(F)cc3)cc(=O)c2c1. The van der Waals surface area contributed by atoms with Gasteiger partial charge in [0.1, 0.15) is 11.4 Å². The summed E-state index contributed by atoms with van der Waals surface area (Å²) in [4.78, 5) is 36.5. The van der Waals surface area contributed by atoms with E-state index in [1.165, 1.54) is 31.2 Å². The molecule has 3 rings (SSSR count). The monoisotopic (exact) mass is 369 g/mol. The molecule has 1 N–H and O–H groups in total. The van der Waals surface area contributed by atoms with Gasteiger partial charge in [0.05, 0.1) is 5.39 Å².